The van der Waals surface area contributed by atoms with Crippen LogP contribution in [0.3, 0.4) is 0 Å². The van der Waals surface area contributed by atoms with Gasteiger partial charge < -0.3 is 10.0 Å². The molecule has 0 saturated heterocycles. The van der Waals surface area contributed by atoms with Crippen LogP contribution in [0.4, 0.5) is 4.39 Å². The van der Waals surface area contributed by atoms with Gasteiger partial charge >= 0.3 is 0 Å². The Bertz CT molecular complexity index is 531. The van der Waals surface area contributed by atoms with Gasteiger partial charge in [0.15, 0.2) is 0 Å². The number of nitrogens with zero attached hydrogens (tertiary/aromatic N) is 1. The van der Waals surface area contributed by atoms with Gasteiger partial charge in [-0.15, -0.1) is 0 Å². The molecule has 108 valence electrons. The number of aliphatic hydroxyl groups excluding tert-OH is 1. The molecule has 1 aromatic carbocycles. The Labute approximate surface area is 119 Å². The maximum absolute atomic E-state index is 14.0. The lowest BCUT2D eigenvalue weighted by Gasteiger charge is -2.24. The first kappa shape index (κ1) is 16.2. The molecule has 0 radical (unpaired) electrons. The lowest BCUT2D eigenvalue weighted by molar-refractivity contribution is 0.0736. The molecule has 0 fully saturated rings. The summed E-state index contributed by atoms with van der Waals surface area (Å²) in [5, 5.41) is 8.63. The van der Waals surface area contributed by atoms with Crippen LogP contribution < -0.4 is 0 Å². The molecule has 0 aliphatic heterocycles. The van der Waals surface area contributed by atoms with Crippen LogP contribution in [0, 0.1) is 17.7 Å². The molecule has 0 bridgehead atoms. The first-order valence-electron chi connectivity index (χ1n) is 6.67. The van der Waals surface area contributed by atoms with E-state index in [0.29, 0.717) is 12.0 Å². The van der Waals surface area contributed by atoms with Crippen LogP contribution in [0.2, 0.25) is 0 Å². The molecule has 0 spiro atoms. The molecule has 3 nitrogen and oxygen atoms in total. The van der Waals surface area contributed by atoms with Crippen molar-refractivity contribution in [1.29, 1.82) is 0 Å². The monoisotopic (exact) mass is 277 g/mol. The number of aliphatic hydroxyl groups is 1. The normalized spacial score (nSPS) is 11.4. The average molecular weight is 277 g/mol. The van der Waals surface area contributed by atoms with Crippen molar-refractivity contribution < 1.29 is 14.3 Å². The number of carbonyl (C=O) groups excluding carboxylic acids is 1. The van der Waals surface area contributed by atoms with Crippen LogP contribution in [0.5, 0.6) is 0 Å². The van der Waals surface area contributed by atoms with Gasteiger partial charge in [0.05, 0.1) is 12.2 Å². The van der Waals surface area contributed by atoms with Gasteiger partial charge in [-0.3, -0.25) is 4.79 Å². The van der Waals surface area contributed by atoms with Crippen molar-refractivity contribution in [2.75, 3.05) is 13.7 Å². The van der Waals surface area contributed by atoms with Crippen molar-refractivity contribution in [3.63, 3.8) is 0 Å². The molecule has 1 amide bonds. The zero-order valence-corrected chi connectivity index (χ0v) is 12.1. The van der Waals surface area contributed by atoms with Crippen LogP contribution in [-0.4, -0.2) is 35.6 Å². The van der Waals surface area contributed by atoms with E-state index in [1.54, 1.807) is 13.1 Å². The van der Waals surface area contributed by atoms with E-state index < -0.39 is 5.82 Å². The first-order chi connectivity index (χ1) is 9.51. The smallest absolute Gasteiger partial charge is 0.256 e. The fourth-order valence-corrected chi connectivity index (χ4v) is 1.65. The molecule has 0 heterocycles. The number of benzene rings is 1. The molecule has 1 rings (SSSR count). The van der Waals surface area contributed by atoms with Gasteiger partial charge in [-0.1, -0.05) is 18.8 Å². The van der Waals surface area contributed by atoms with Crippen LogP contribution >= 0.6 is 0 Å². The lowest BCUT2D eigenvalue weighted by Crippen LogP contribution is -2.35. The standard InChI is InChI=1S/C16H20FNO2/c1-4-12(2)18(3)16(20)14-9-8-13(11-15(14)17)7-5-6-10-19/h8-9,11-12,19H,4,6,10H2,1-3H3. The predicted molar refractivity (Wildman–Crippen MR) is 76.8 cm³/mol. The molecular weight excluding hydrogens is 257 g/mol. The highest BCUT2D eigenvalue weighted by molar-refractivity contribution is 5.94. The maximum Gasteiger partial charge on any atom is 0.256 e. The largest absolute Gasteiger partial charge is 0.395 e. The molecule has 1 unspecified atom stereocenters. The SMILES string of the molecule is CCC(C)N(C)C(=O)c1ccc(C#CCCO)cc1F. The van der Waals surface area contributed by atoms with Gasteiger partial charge in [0.1, 0.15) is 5.82 Å². The summed E-state index contributed by atoms with van der Waals surface area (Å²) < 4.78 is 14.0. The summed E-state index contributed by atoms with van der Waals surface area (Å²) in [6, 6.07) is 4.39. The molecule has 0 aromatic heterocycles. The zero-order chi connectivity index (χ0) is 15.1. The molecule has 1 aromatic rings. The van der Waals surface area contributed by atoms with Crippen LogP contribution in [-0.2, 0) is 0 Å². The number of hydrogen-bond donors (Lipinski definition) is 1. The average Bonchev–Trinajstić information content (AvgIpc) is 2.45. The topological polar surface area (TPSA) is 40.5 Å². The van der Waals surface area contributed by atoms with Crippen LogP contribution in [0.15, 0.2) is 18.2 Å². The summed E-state index contributed by atoms with van der Waals surface area (Å²) >= 11 is 0. The van der Waals surface area contributed by atoms with Crippen molar-refractivity contribution in [3.05, 3.63) is 35.1 Å². The van der Waals surface area contributed by atoms with E-state index in [1.807, 2.05) is 13.8 Å². The molecule has 0 saturated carbocycles. The minimum absolute atomic E-state index is 0.0221. The second kappa shape index (κ2) is 7.66. The fourth-order valence-electron chi connectivity index (χ4n) is 1.65. The predicted octanol–water partition coefficient (Wildman–Crippen LogP) is 2.43. The quantitative estimate of drug-likeness (QED) is 0.859. The van der Waals surface area contributed by atoms with E-state index in [0.717, 1.165) is 6.42 Å². The Morgan fingerprint density at radius 3 is 2.75 bits per heavy atom. The van der Waals surface area contributed by atoms with Gasteiger partial charge in [-0.05, 0) is 31.5 Å². The Morgan fingerprint density at radius 2 is 2.20 bits per heavy atom. The highest BCUT2D eigenvalue weighted by Gasteiger charge is 2.19. The van der Waals surface area contributed by atoms with Crippen molar-refractivity contribution in [3.8, 4) is 11.8 Å². The first-order valence-corrected chi connectivity index (χ1v) is 6.67. The summed E-state index contributed by atoms with van der Waals surface area (Å²) in [6.07, 6.45) is 1.16. The number of halogens is 1. The molecule has 0 aliphatic rings. The van der Waals surface area contributed by atoms with Crippen LogP contribution in [0.25, 0.3) is 0 Å². The lowest BCUT2D eigenvalue weighted by atomic mass is 10.1. The molecule has 20 heavy (non-hydrogen) atoms. The summed E-state index contributed by atoms with van der Waals surface area (Å²) in [4.78, 5) is 13.7. The Morgan fingerprint density at radius 1 is 1.50 bits per heavy atom. The summed E-state index contributed by atoms with van der Waals surface area (Å²) in [5.74, 6) is 4.56. The number of carbonyl (C=O) groups is 1. The van der Waals surface area contributed by atoms with Gasteiger partial charge in [-0.25, -0.2) is 4.39 Å². The summed E-state index contributed by atoms with van der Waals surface area (Å²) in [6.45, 7) is 3.88. The third kappa shape index (κ3) is 4.07. The second-order valence-corrected chi connectivity index (χ2v) is 4.64. The number of amides is 1. The van der Waals surface area contributed by atoms with Crippen LogP contribution in [0.1, 0.15) is 42.6 Å². The minimum atomic E-state index is -0.569. The Hall–Kier alpha value is -1.86. The van der Waals surface area contributed by atoms with E-state index in [1.165, 1.54) is 17.0 Å². The zero-order valence-electron chi connectivity index (χ0n) is 12.1. The number of rotatable bonds is 4. The van der Waals surface area contributed by atoms with E-state index in [-0.39, 0.29) is 24.1 Å². The molecule has 1 N–H and O–H groups in total. The highest BCUT2D eigenvalue weighted by Crippen LogP contribution is 2.14. The number of hydrogen-bond acceptors (Lipinski definition) is 2. The third-order valence-corrected chi connectivity index (χ3v) is 3.24. The third-order valence-electron chi connectivity index (χ3n) is 3.24. The molecule has 1 atom stereocenters. The van der Waals surface area contributed by atoms with Gasteiger partial charge in [-0.2, -0.15) is 0 Å². The summed E-state index contributed by atoms with van der Waals surface area (Å²) in [5.41, 5.74) is 0.555. The fraction of sp³-hybridized carbons (Fsp3) is 0.438. The minimum Gasteiger partial charge on any atom is -0.395 e. The van der Waals surface area contributed by atoms with E-state index >= 15 is 0 Å². The Kier molecular flexibility index (Phi) is 6.20. The molecule has 0 aliphatic carbocycles. The van der Waals surface area contributed by atoms with Gasteiger partial charge in [0.2, 0.25) is 0 Å². The van der Waals surface area contributed by atoms with Crippen molar-refractivity contribution in [2.45, 2.75) is 32.7 Å². The highest BCUT2D eigenvalue weighted by atomic mass is 19.1. The Balaban J connectivity index is 2.94. The van der Waals surface area contributed by atoms with Crippen molar-refractivity contribution in [1.82, 2.24) is 4.90 Å². The molecular formula is C16H20FNO2. The maximum atomic E-state index is 14.0. The van der Waals surface area contributed by atoms with Crippen molar-refractivity contribution in [2.24, 2.45) is 0 Å². The molecule has 4 heteroatoms. The van der Waals surface area contributed by atoms with Gasteiger partial charge in [0.25, 0.3) is 5.91 Å². The second-order valence-electron chi connectivity index (χ2n) is 4.64. The van der Waals surface area contributed by atoms with Gasteiger partial charge in [0, 0.05) is 25.1 Å². The van der Waals surface area contributed by atoms with E-state index in [9.17, 15) is 9.18 Å². The summed E-state index contributed by atoms with van der Waals surface area (Å²) in [7, 11) is 1.67. The van der Waals surface area contributed by atoms with E-state index in [4.69, 9.17) is 5.11 Å². The van der Waals surface area contributed by atoms with E-state index in [2.05, 4.69) is 11.8 Å². The van der Waals surface area contributed by atoms with Crippen molar-refractivity contribution >= 4 is 5.91 Å².